The number of fused-ring (bicyclic) bond motifs is 4. The Morgan fingerprint density at radius 1 is 0.523 bits per heavy atom. The quantitative estimate of drug-likeness (QED) is 0.158. The molecule has 0 atom stereocenters. The average Bonchev–Trinajstić information content (AvgIpc) is 3.55. The molecule has 2 amide bonds. The third kappa shape index (κ3) is 3.86. The molecule has 0 spiro atoms. The Bertz CT molecular complexity index is 2340. The molecule has 8 rings (SSSR count). The van der Waals surface area contributed by atoms with E-state index in [0.29, 0.717) is 28.2 Å². The zero-order valence-electron chi connectivity index (χ0n) is 23.4. The van der Waals surface area contributed by atoms with Gasteiger partial charge in [0.25, 0.3) is 11.8 Å². The number of carbonyl (C=O) groups is 2. The van der Waals surface area contributed by atoms with Crippen LogP contribution < -0.4 is 4.90 Å². The number of rotatable bonds is 4. The lowest BCUT2D eigenvalue weighted by molar-refractivity contribution is 0.0926. The maximum Gasteiger partial charge on any atom is 0.268 e. The zero-order chi connectivity index (χ0) is 29.8. The molecule has 0 saturated heterocycles. The van der Waals surface area contributed by atoms with Crippen LogP contribution in [0.2, 0.25) is 0 Å². The van der Waals surface area contributed by atoms with Crippen LogP contribution in [0.1, 0.15) is 20.7 Å². The highest BCUT2D eigenvalue weighted by Gasteiger charge is 2.39. The fourth-order valence-corrected chi connectivity index (χ4v) is 6.31. The van der Waals surface area contributed by atoms with Crippen LogP contribution in [0.3, 0.4) is 0 Å². The lowest BCUT2D eigenvalue weighted by atomic mass is 10.0. The van der Waals surface area contributed by atoms with Gasteiger partial charge in [0.2, 0.25) is 0 Å². The summed E-state index contributed by atoms with van der Waals surface area (Å²) in [6.07, 6.45) is 0. The van der Waals surface area contributed by atoms with Crippen molar-refractivity contribution < 1.29 is 9.59 Å². The number of hydrogen-bond donors (Lipinski definition) is 0. The van der Waals surface area contributed by atoms with Crippen molar-refractivity contribution in [2.45, 2.75) is 0 Å². The number of hydrogen-bond acceptors (Lipinski definition) is 2. The number of amides is 2. The first-order valence-corrected chi connectivity index (χ1v) is 14.3. The van der Waals surface area contributed by atoms with Gasteiger partial charge in [0.05, 0.1) is 40.1 Å². The average molecular weight is 566 g/mol. The van der Waals surface area contributed by atoms with Crippen molar-refractivity contribution in [1.82, 2.24) is 4.57 Å². The predicted octanol–water partition coefficient (Wildman–Crippen LogP) is 9.47. The Morgan fingerprint density at radius 2 is 1.20 bits per heavy atom. The van der Waals surface area contributed by atoms with Gasteiger partial charge in [-0.1, -0.05) is 97.1 Å². The lowest BCUT2D eigenvalue weighted by Gasteiger charge is -2.16. The Balaban J connectivity index is 1.32. The van der Waals surface area contributed by atoms with E-state index in [1.54, 1.807) is 18.2 Å². The molecule has 7 aromatic rings. The summed E-state index contributed by atoms with van der Waals surface area (Å²) >= 11 is 0. The molecule has 44 heavy (non-hydrogen) atoms. The van der Waals surface area contributed by atoms with Gasteiger partial charge in [0.1, 0.15) is 0 Å². The second kappa shape index (κ2) is 9.94. The number of carbonyl (C=O) groups excluding carboxylic acids is 2. The largest absolute Gasteiger partial charge is 0.308 e. The SMILES string of the molecule is [C-]#[N+]c1cccc(-c2ccc3c4ccccc4n(-c4cccc5c4C(=O)N(c4cccc(-c6ccccc6)c4)C5=O)c3c2)c1. The van der Waals surface area contributed by atoms with Crippen molar-refractivity contribution >= 4 is 45.0 Å². The van der Waals surface area contributed by atoms with Crippen molar-refractivity contribution in [2.24, 2.45) is 0 Å². The van der Waals surface area contributed by atoms with E-state index in [1.807, 2.05) is 97.1 Å². The fraction of sp³-hybridized carbons (Fsp3) is 0. The standard InChI is InChI=1S/C39H23N3O2/c1-40-29-14-7-12-26(22-29)28-20-21-32-31-16-5-6-18-34(31)42(36(32)24-28)35-19-9-17-33-37(35)39(44)41(38(33)43)30-15-8-13-27(23-30)25-10-3-2-4-11-25/h2-24H. The molecule has 0 fully saturated rings. The zero-order valence-corrected chi connectivity index (χ0v) is 23.4. The van der Waals surface area contributed by atoms with E-state index in [9.17, 15) is 9.59 Å². The summed E-state index contributed by atoms with van der Waals surface area (Å²) in [5, 5.41) is 2.08. The van der Waals surface area contributed by atoms with Gasteiger partial charge < -0.3 is 4.57 Å². The van der Waals surface area contributed by atoms with Gasteiger partial charge in [-0.2, -0.15) is 0 Å². The summed E-state index contributed by atoms with van der Waals surface area (Å²) in [5.74, 6) is -0.688. The number of para-hydroxylation sites is 1. The van der Waals surface area contributed by atoms with Crippen LogP contribution in [-0.2, 0) is 0 Å². The molecule has 5 heteroatoms. The van der Waals surface area contributed by atoms with Gasteiger partial charge in [-0.05, 0) is 64.7 Å². The van der Waals surface area contributed by atoms with Gasteiger partial charge in [-0.15, -0.1) is 0 Å². The van der Waals surface area contributed by atoms with Gasteiger partial charge in [0, 0.05) is 10.8 Å². The molecule has 5 nitrogen and oxygen atoms in total. The van der Waals surface area contributed by atoms with E-state index < -0.39 is 0 Å². The van der Waals surface area contributed by atoms with Crippen LogP contribution in [0, 0.1) is 6.57 Å². The van der Waals surface area contributed by atoms with Crippen LogP contribution in [0.15, 0.2) is 140 Å². The number of nitrogens with zero attached hydrogens (tertiary/aromatic N) is 3. The fourth-order valence-electron chi connectivity index (χ4n) is 6.31. The van der Waals surface area contributed by atoms with E-state index in [0.717, 1.165) is 44.1 Å². The molecule has 6 aromatic carbocycles. The molecule has 0 saturated carbocycles. The summed E-state index contributed by atoms with van der Waals surface area (Å²) in [6.45, 7) is 7.45. The number of anilines is 1. The Kier molecular flexibility index (Phi) is 5.75. The summed E-state index contributed by atoms with van der Waals surface area (Å²) < 4.78 is 2.08. The highest BCUT2D eigenvalue weighted by molar-refractivity contribution is 6.36. The second-order valence-electron chi connectivity index (χ2n) is 10.8. The number of imide groups is 1. The minimum atomic E-state index is -0.349. The Hall–Kier alpha value is -6.25. The predicted molar refractivity (Wildman–Crippen MR) is 175 cm³/mol. The van der Waals surface area contributed by atoms with E-state index >= 15 is 0 Å². The first-order chi connectivity index (χ1) is 21.6. The molecule has 0 bridgehead atoms. The van der Waals surface area contributed by atoms with Crippen molar-refractivity contribution in [3.8, 4) is 27.9 Å². The van der Waals surface area contributed by atoms with Crippen LogP contribution in [0.4, 0.5) is 11.4 Å². The van der Waals surface area contributed by atoms with E-state index in [1.165, 1.54) is 4.90 Å². The third-order valence-corrected chi connectivity index (χ3v) is 8.33. The lowest BCUT2D eigenvalue weighted by Crippen LogP contribution is -2.29. The molecule has 2 heterocycles. The topological polar surface area (TPSA) is 46.7 Å². The smallest absolute Gasteiger partial charge is 0.268 e. The van der Waals surface area contributed by atoms with Crippen molar-refractivity contribution in [3.63, 3.8) is 0 Å². The molecule has 0 aliphatic carbocycles. The molecule has 1 aliphatic heterocycles. The molecular weight excluding hydrogens is 542 g/mol. The normalized spacial score (nSPS) is 12.6. The Morgan fingerprint density at radius 3 is 2.05 bits per heavy atom. The maximum absolute atomic E-state index is 14.3. The van der Waals surface area contributed by atoms with Crippen LogP contribution in [0.25, 0.3) is 54.6 Å². The van der Waals surface area contributed by atoms with Gasteiger partial charge in [-0.3, -0.25) is 9.59 Å². The molecule has 0 N–H and O–H groups in total. The molecule has 1 aliphatic rings. The van der Waals surface area contributed by atoms with Gasteiger partial charge in [-0.25, -0.2) is 9.74 Å². The van der Waals surface area contributed by atoms with E-state index in [4.69, 9.17) is 6.57 Å². The third-order valence-electron chi connectivity index (χ3n) is 8.33. The molecule has 1 aromatic heterocycles. The first-order valence-electron chi connectivity index (χ1n) is 14.3. The van der Waals surface area contributed by atoms with Crippen LogP contribution in [0.5, 0.6) is 0 Å². The molecule has 0 unspecified atom stereocenters. The first kappa shape index (κ1) is 25.5. The summed E-state index contributed by atoms with van der Waals surface area (Å²) in [5.41, 5.74) is 8.20. The maximum atomic E-state index is 14.3. The molecule has 0 radical (unpaired) electrons. The molecule has 206 valence electrons. The minimum absolute atomic E-state index is 0.338. The Labute approximate surface area is 253 Å². The van der Waals surface area contributed by atoms with Crippen molar-refractivity contribution in [2.75, 3.05) is 4.90 Å². The minimum Gasteiger partial charge on any atom is -0.308 e. The second-order valence-corrected chi connectivity index (χ2v) is 10.8. The van der Waals surface area contributed by atoms with E-state index in [-0.39, 0.29) is 11.8 Å². The van der Waals surface area contributed by atoms with Gasteiger partial charge >= 0.3 is 0 Å². The summed E-state index contributed by atoms with van der Waals surface area (Å²) in [6, 6.07) is 44.8. The van der Waals surface area contributed by atoms with Crippen molar-refractivity contribution in [1.29, 1.82) is 0 Å². The molecular formula is C39H23N3O2. The highest BCUT2D eigenvalue weighted by Crippen LogP contribution is 2.39. The van der Waals surface area contributed by atoms with Crippen LogP contribution in [-0.4, -0.2) is 16.4 Å². The highest BCUT2D eigenvalue weighted by atomic mass is 16.2. The van der Waals surface area contributed by atoms with E-state index in [2.05, 4.69) is 33.7 Å². The number of benzene rings is 6. The van der Waals surface area contributed by atoms with Crippen molar-refractivity contribution in [3.05, 3.63) is 162 Å². The monoisotopic (exact) mass is 565 g/mol. The van der Waals surface area contributed by atoms with Crippen LogP contribution >= 0.6 is 0 Å². The summed E-state index contributed by atoms with van der Waals surface area (Å²) in [7, 11) is 0. The van der Waals surface area contributed by atoms with Gasteiger partial charge in [0.15, 0.2) is 5.69 Å². The summed E-state index contributed by atoms with van der Waals surface area (Å²) in [4.78, 5) is 33.0. The number of aromatic nitrogens is 1.